The quantitative estimate of drug-likeness (QED) is 0.251. The molecule has 5 nitrogen and oxygen atoms in total. The van der Waals surface area contributed by atoms with Crippen LogP contribution in [-0.2, 0) is 0 Å². The van der Waals surface area contributed by atoms with Crippen molar-refractivity contribution in [3.05, 3.63) is 0 Å². The smallest absolute Gasteiger partial charge is 0.193 e. The van der Waals surface area contributed by atoms with Crippen LogP contribution in [0.1, 0.15) is 46.5 Å². The Labute approximate surface area is 179 Å². The molecule has 2 aliphatic rings. The zero-order valence-corrected chi connectivity index (χ0v) is 19.9. The van der Waals surface area contributed by atoms with Gasteiger partial charge in [-0.05, 0) is 50.6 Å². The van der Waals surface area contributed by atoms with Gasteiger partial charge in [0.2, 0.25) is 0 Å². The van der Waals surface area contributed by atoms with E-state index in [2.05, 4.69) is 45.8 Å². The van der Waals surface area contributed by atoms with Crippen molar-refractivity contribution in [2.24, 2.45) is 16.8 Å². The second-order valence-electron chi connectivity index (χ2n) is 8.19. The molecule has 1 atom stereocenters. The molecule has 0 saturated carbocycles. The lowest BCUT2D eigenvalue weighted by molar-refractivity contribution is 0.136. The number of unbranched alkanes of at least 4 members (excludes halogenated alkanes) is 1. The summed E-state index contributed by atoms with van der Waals surface area (Å²) in [6.45, 7) is 17.7. The lowest BCUT2D eigenvalue weighted by atomic mass is 9.97. The minimum absolute atomic E-state index is 0. The van der Waals surface area contributed by atoms with Gasteiger partial charge in [0.1, 0.15) is 0 Å². The first-order valence-corrected chi connectivity index (χ1v) is 10.5. The minimum atomic E-state index is 0. The molecule has 0 spiro atoms. The number of likely N-dealkylation sites (tertiary alicyclic amines) is 1. The highest BCUT2D eigenvalue weighted by Crippen LogP contribution is 2.23. The molecule has 154 valence electrons. The number of piperazine rings is 1. The highest BCUT2D eigenvalue weighted by molar-refractivity contribution is 14.0. The van der Waals surface area contributed by atoms with E-state index in [9.17, 15) is 0 Å². The predicted molar refractivity (Wildman–Crippen MR) is 124 cm³/mol. The van der Waals surface area contributed by atoms with Gasteiger partial charge in [0.15, 0.2) is 5.96 Å². The fourth-order valence-corrected chi connectivity index (χ4v) is 4.21. The highest BCUT2D eigenvalue weighted by atomic mass is 127. The van der Waals surface area contributed by atoms with E-state index in [1.807, 2.05) is 7.05 Å². The lowest BCUT2D eigenvalue weighted by Gasteiger charge is -2.34. The van der Waals surface area contributed by atoms with Gasteiger partial charge >= 0.3 is 0 Å². The van der Waals surface area contributed by atoms with Crippen molar-refractivity contribution in [3.63, 3.8) is 0 Å². The van der Waals surface area contributed by atoms with Gasteiger partial charge in [-0.3, -0.25) is 4.99 Å². The van der Waals surface area contributed by atoms with Gasteiger partial charge in [-0.15, -0.1) is 24.0 Å². The second-order valence-corrected chi connectivity index (χ2v) is 8.19. The summed E-state index contributed by atoms with van der Waals surface area (Å²) in [7, 11) is 1.92. The molecule has 2 saturated heterocycles. The van der Waals surface area contributed by atoms with Gasteiger partial charge in [-0.25, -0.2) is 0 Å². The standard InChI is InChI=1S/C20H41N5.HI/c1-5-23-12-14-24(15-13-23)10-7-6-9-22-20(21-4)25-11-8-19(17-25)16-18(2)3;/h18-19H,5-17H2,1-4H3,(H,21,22);1H. The van der Waals surface area contributed by atoms with E-state index >= 15 is 0 Å². The van der Waals surface area contributed by atoms with Crippen LogP contribution in [0.5, 0.6) is 0 Å². The van der Waals surface area contributed by atoms with Gasteiger partial charge in [0, 0.05) is 52.9 Å². The summed E-state index contributed by atoms with van der Waals surface area (Å²) < 4.78 is 0. The van der Waals surface area contributed by atoms with Crippen LogP contribution in [-0.4, -0.2) is 86.6 Å². The Morgan fingerprint density at radius 2 is 1.77 bits per heavy atom. The van der Waals surface area contributed by atoms with Crippen LogP contribution < -0.4 is 5.32 Å². The minimum Gasteiger partial charge on any atom is -0.356 e. The number of hydrogen-bond donors (Lipinski definition) is 1. The van der Waals surface area contributed by atoms with Crippen molar-refractivity contribution in [1.29, 1.82) is 0 Å². The Balaban J connectivity index is 0.00000338. The summed E-state index contributed by atoms with van der Waals surface area (Å²) >= 11 is 0. The molecule has 26 heavy (non-hydrogen) atoms. The number of nitrogens with zero attached hydrogens (tertiary/aromatic N) is 4. The van der Waals surface area contributed by atoms with Crippen LogP contribution in [0.2, 0.25) is 0 Å². The number of halogens is 1. The van der Waals surface area contributed by atoms with Gasteiger partial charge < -0.3 is 20.0 Å². The average molecular weight is 479 g/mol. The number of aliphatic imine (C=N–C) groups is 1. The predicted octanol–water partition coefficient (Wildman–Crippen LogP) is 2.97. The van der Waals surface area contributed by atoms with E-state index in [0.717, 1.165) is 24.3 Å². The summed E-state index contributed by atoms with van der Waals surface area (Å²) in [5, 5.41) is 3.59. The zero-order chi connectivity index (χ0) is 18.1. The van der Waals surface area contributed by atoms with Crippen LogP contribution in [0, 0.1) is 11.8 Å². The Morgan fingerprint density at radius 1 is 1.08 bits per heavy atom. The largest absolute Gasteiger partial charge is 0.356 e. The molecule has 2 aliphatic heterocycles. The fourth-order valence-electron chi connectivity index (χ4n) is 4.21. The molecule has 0 radical (unpaired) electrons. The van der Waals surface area contributed by atoms with Crippen molar-refractivity contribution in [1.82, 2.24) is 20.0 Å². The molecule has 0 aromatic heterocycles. The van der Waals surface area contributed by atoms with Crippen LogP contribution in [0.3, 0.4) is 0 Å². The SMILES string of the molecule is CCN1CCN(CCCCNC(=NC)N2CCC(CC(C)C)C2)CC1.I. The van der Waals surface area contributed by atoms with Crippen LogP contribution >= 0.6 is 24.0 Å². The molecule has 0 amide bonds. The highest BCUT2D eigenvalue weighted by Gasteiger charge is 2.25. The van der Waals surface area contributed by atoms with Crippen molar-refractivity contribution >= 4 is 29.9 Å². The summed E-state index contributed by atoms with van der Waals surface area (Å²) in [5.41, 5.74) is 0. The molecule has 1 unspecified atom stereocenters. The third-order valence-electron chi connectivity index (χ3n) is 5.70. The number of guanidine groups is 1. The van der Waals surface area contributed by atoms with E-state index in [1.54, 1.807) is 0 Å². The van der Waals surface area contributed by atoms with Gasteiger partial charge in [0.25, 0.3) is 0 Å². The second kappa shape index (κ2) is 13.2. The Hall–Kier alpha value is -0.0800. The molecule has 0 aromatic carbocycles. The maximum absolute atomic E-state index is 4.50. The first-order valence-electron chi connectivity index (χ1n) is 10.5. The molecule has 2 fully saturated rings. The third kappa shape index (κ3) is 8.30. The van der Waals surface area contributed by atoms with Gasteiger partial charge in [-0.2, -0.15) is 0 Å². The monoisotopic (exact) mass is 479 g/mol. The molecule has 0 aliphatic carbocycles. The lowest BCUT2D eigenvalue weighted by Crippen LogP contribution is -2.46. The van der Waals surface area contributed by atoms with Crippen molar-refractivity contribution in [2.45, 2.75) is 46.5 Å². The summed E-state index contributed by atoms with van der Waals surface area (Å²) in [5.74, 6) is 2.77. The Kier molecular flexibility index (Phi) is 12.1. The van der Waals surface area contributed by atoms with E-state index in [4.69, 9.17) is 0 Å². The zero-order valence-electron chi connectivity index (χ0n) is 17.5. The third-order valence-corrected chi connectivity index (χ3v) is 5.70. The molecule has 1 N–H and O–H groups in total. The van der Waals surface area contributed by atoms with Crippen LogP contribution in [0.25, 0.3) is 0 Å². The van der Waals surface area contributed by atoms with Crippen LogP contribution in [0.4, 0.5) is 0 Å². The first kappa shape index (κ1) is 24.0. The van der Waals surface area contributed by atoms with Crippen molar-refractivity contribution in [3.8, 4) is 0 Å². The normalized spacial score (nSPS) is 22.7. The average Bonchev–Trinajstić information content (AvgIpc) is 3.06. The number of hydrogen-bond acceptors (Lipinski definition) is 3. The Morgan fingerprint density at radius 3 is 2.38 bits per heavy atom. The summed E-state index contributed by atoms with van der Waals surface area (Å²) in [6, 6.07) is 0. The number of nitrogens with one attached hydrogen (secondary N) is 1. The maximum atomic E-state index is 4.50. The Bertz CT molecular complexity index is 394. The van der Waals surface area contributed by atoms with E-state index in [1.165, 1.54) is 78.0 Å². The molecular weight excluding hydrogens is 437 g/mol. The van der Waals surface area contributed by atoms with Crippen molar-refractivity contribution < 1.29 is 0 Å². The number of rotatable bonds is 8. The van der Waals surface area contributed by atoms with Gasteiger partial charge in [-0.1, -0.05) is 20.8 Å². The molecule has 0 aromatic rings. The number of likely N-dealkylation sites (N-methyl/N-ethyl adjacent to an activating group) is 1. The molecule has 2 rings (SSSR count). The molecule has 2 heterocycles. The summed E-state index contributed by atoms with van der Waals surface area (Å²) in [4.78, 5) is 12.1. The first-order chi connectivity index (χ1) is 12.1. The summed E-state index contributed by atoms with van der Waals surface area (Å²) in [6.07, 6.45) is 5.18. The molecule has 6 heteroatoms. The maximum Gasteiger partial charge on any atom is 0.193 e. The fraction of sp³-hybridized carbons (Fsp3) is 0.950. The van der Waals surface area contributed by atoms with Crippen molar-refractivity contribution in [2.75, 3.05) is 66.0 Å². The van der Waals surface area contributed by atoms with E-state index in [-0.39, 0.29) is 24.0 Å². The molecule has 0 bridgehead atoms. The molecular formula is C20H42IN5. The van der Waals surface area contributed by atoms with Crippen LogP contribution in [0.15, 0.2) is 4.99 Å². The van der Waals surface area contributed by atoms with Gasteiger partial charge in [0.05, 0.1) is 0 Å². The van der Waals surface area contributed by atoms with E-state index in [0.29, 0.717) is 0 Å². The topological polar surface area (TPSA) is 34.1 Å². The van der Waals surface area contributed by atoms with E-state index < -0.39 is 0 Å².